The van der Waals surface area contributed by atoms with Gasteiger partial charge in [-0.3, -0.25) is 0 Å². The summed E-state index contributed by atoms with van der Waals surface area (Å²) in [6, 6.07) is 3.88. The van der Waals surface area contributed by atoms with Crippen molar-refractivity contribution in [3.05, 3.63) is 29.7 Å². The minimum atomic E-state index is 0.107. The lowest BCUT2D eigenvalue weighted by atomic mass is 10.2. The molecule has 1 aliphatic rings. The van der Waals surface area contributed by atoms with Gasteiger partial charge in [0.1, 0.15) is 12.7 Å². The van der Waals surface area contributed by atoms with Crippen LogP contribution in [0.1, 0.15) is 17.8 Å². The Kier molecular flexibility index (Phi) is 5.15. The molecule has 0 bridgehead atoms. The number of aromatic nitrogens is 3. The summed E-state index contributed by atoms with van der Waals surface area (Å²) in [5.74, 6) is 1.32. The van der Waals surface area contributed by atoms with Gasteiger partial charge in [0.05, 0.1) is 13.2 Å². The van der Waals surface area contributed by atoms with Gasteiger partial charge < -0.3 is 19.5 Å². The minimum Gasteiger partial charge on any atom is -0.472 e. The predicted molar refractivity (Wildman–Crippen MR) is 82.0 cm³/mol. The molecule has 0 spiro atoms. The van der Waals surface area contributed by atoms with E-state index >= 15 is 0 Å². The number of pyridine rings is 1. The average Bonchev–Trinajstić information content (AvgIpc) is 3.18. The van der Waals surface area contributed by atoms with Crippen molar-refractivity contribution in [1.82, 2.24) is 14.3 Å². The second-order valence-corrected chi connectivity index (χ2v) is 5.66. The number of methoxy groups -OCH3 is 1. The van der Waals surface area contributed by atoms with E-state index in [1.807, 2.05) is 12.1 Å². The third kappa shape index (κ3) is 4.12. The Hall–Kier alpha value is -1.77. The van der Waals surface area contributed by atoms with Gasteiger partial charge in [-0.2, -0.15) is 4.37 Å². The van der Waals surface area contributed by atoms with Crippen molar-refractivity contribution >= 4 is 16.7 Å². The number of ether oxygens (including phenoxy) is 3. The molecule has 1 aliphatic heterocycles. The Labute approximate surface area is 132 Å². The Bertz CT molecular complexity index is 601. The first-order chi connectivity index (χ1) is 10.8. The lowest BCUT2D eigenvalue weighted by Crippen LogP contribution is -2.16. The topological polar surface area (TPSA) is 78.4 Å². The van der Waals surface area contributed by atoms with Crippen LogP contribution < -0.4 is 10.1 Å². The van der Waals surface area contributed by atoms with Crippen LogP contribution in [0.2, 0.25) is 0 Å². The first-order valence-corrected chi connectivity index (χ1v) is 7.85. The summed E-state index contributed by atoms with van der Waals surface area (Å²) in [6.45, 7) is 2.46. The summed E-state index contributed by atoms with van der Waals surface area (Å²) in [7, 11) is 1.63. The number of anilines is 1. The average molecular weight is 322 g/mol. The fraction of sp³-hybridized carbons (Fsp3) is 0.500. The predicted octanol–water partition coefficient (Wildman–Crippen LogP) is 1.86. The van der Waals surface area contributed by atoms with E-state index in [2.05, 4.69) is 19.7 Å². The van der Waals surface area contributed by atoms with Crippen molar-refractivity contribution in [1.29, 1.82) is 0 Å². The van der Waals surface area contributed by atoms with Crippen molar-refractivity contribution in [2.24, 2.45) is 0 Å². The van der Waals surface area contributed by atoms with Gasteiger partial charge in [0.2, 0.25) is 11.0 Å². The van der Waals surface area contributed by atoms with Gasteiger partial charge in [0.25, 0.3) is 0 Å². The number of rotatable bonds is 7. The molecule has 1 unspecified atom stereocenters. The van der Waals surface area contributed by atoms with Crippen LogP contribution in [0.25, 0.3) is 0 Å². The summed E-state index contributed by atoms with van der Waals surface area (Å²) in [5.41, 5.74) is 1.08. The molecule has 7 nitrogen and oxygen atoms in total. The van der Waals surface area contributed by atoms with Crippen molar-refractivity contribution in [3.8, 4) is 5.88 Å². The zero-order chi connectivity index (χ0) is 15.2. The Morgan fingerprint density at radius 3 is 3.27 bits per heavy atom. The first-order valence-electron chi connectivity index (χ1n) is 7.08. The normalized spacial score (nSPS) is 17.6. The van der Waals surface area contributed by atoms with Gasteiger partial charge in [0.15, 0.2) is 5.82 Å². The molecule has 2 aromatic heterocycles. The highest BCUT2D eigenvalue weighted by molar-refractivity contribution is 7.09. The van der Waals surface area contributed by atoms with Crippen LogP contribution in [0.5, 0.6) is 5.88 Å². The Morgan fingerprint density at radius 1 is 1.50 bits per heavy atom. The third-order valence-electron chi connectivity index (χ3n) is 3.16. The van der Waals surface area contributed by atoms with Crippen molar-refractivity contribution in [2.45, 2.75) is 25.7 Å². The highest BCUT2D eigenvalue weighted by atomic mass is 32.1. The second-order valence-electron chi connectivity index (χ2n) is 4.91. The molecule has 1 N–H and O–H groups in total. The van der Waals surface area contributed by atoms with Crippen molar-refractivity contribution in [2.75, 3.05) is 25.6 Å². The lowest BCUT2D eigenvalue weighted by molar-refractivity contribution is 0.138. The summed E-state index contributed by atoms with van der Waals surface area (Å²) in [5, 5.41) is 4.02. The smallest absolute Gasteiger partial charge is 0.213 e. The minimum absolute atomic E-state index is 0.107. The molecule has 3 rings (SSSR count). The maximum atomic E-state index is 5.80. The SMILES string of the molecule is COCc1nsc(NCc2ccnc(OC3CCOC3)c2)n1. The van der Waals surface area contributed by atoms with Gasteiger partial charge in [-0.05, 0) is 11.6 Å². The number of hydrogen-bond donors (Lipinski definition) is 1. The van der Waals surface area contributed by atoms with E-state index in [0.29, 0.717) is 31.5 Å². The molecular weight excluding hydrogens is 304 g/mol. The molecule has 1 saturated heterocycles. The number of nitrogens with zero attached hydrogens (tertiary/aromatic N) is 3. The molecule has 0 amide bonds. The third-order valence-corrected chi connectivity index (χ3v) is 3.87. The van der Waals surface area contributed by atoms with E-state index in [0.717, 1.165) is 23.7 Å². The van der Waals surface area contributed by atoms with Gasteiger partial charge in [-0.25, -0.2) is 9.97 Å². The van der Waals surface area contributed by atoms with Crippen LogP contribution in [-0.2, 0) is 22.6 Å². The van der Waals surface area contributed by atoms with E-state index in [-0.39, 0.29) is 6.10 Å². The first kappa shape index (κ1) is 15.1. The summed E-state index contributed by atoms with van der Waals surface area (Å²) in [4.78, 5) is 8.57. The molecule has 8 heteroatoms. The van der Waals surface area contributed by atoms with Crippen molar-refractivity contribution < 1.29 is 14.2 Å². The molecule has 1 atom stereocenters. The van der Waals surface area contributed by atoms with Crippen LogP contribution in [0, 0.1) is 0 Å². The van der Waals surface area contributed by atoms with E-state index in [1.54, 1.807) is 13.3 Å². The second kappa shape index (κ2) is 7.48. The molecule has 22 heavy (non-hydrogen) atoms. The largest absolute Gasteiger partial charge is 0.472 e. The van der Waals surface area contributed by atoms with Gasteiger partial charge in [-0.1, -0.05) is 0 Å². The summed E-state index contributed by atoms with van der Waals surface area (Å²) in [6.07, 6.45) is 2.77. The number of nitrogens with one attached hydrogen (secondary N) is 1. The Balaban J connectivity index is 1.55. The molecule has 0 saturated carbocycles. The molecule has 0 aromatic carbocycles. The maximum absolute atomic E-state index is 5.80. The molecule has 2 aromatic rings. The van der Waals surface area contributed by atoms with Crippen LogP contribution in [0.15, 0.2) is 18.3 Å². The fourth-order valence-electron chi connectivity index (χ4n) is 2.09. The summed E-state index contributed by atoms with van der Waals surface area (Å²) < 4.78 is 20.3. The standard InChI is InChI=1S/C14H18N4O3S/c1-19-9-12-17-14(22-18-12)16-7-10-2-4-15-13(6-10)21-11-3-5-20-8-11/h2,4,6,11H,3,5,7-9H2,1H3,(H,16,17,18). The fourth-order valence-corrected chi connectivity index (χ4v) is 2.66. The van der Waals surface area contributed by atoms with Crippen molar-refractivity contribution in [3.63, 3.8) is 0 Å². The van der Waals surface area contributed by atoms with Gasteiger partial charge in [-0.15, -0.1) is 0 Å². The van der Waals surface area contributed by atoms with Crippen LogP contribution >= 0.6 is 11.5 Å². The quantitative estimate of drug-likeness (QED) is 0.833. The highest BCUT2D eigenvalue weighted by Gasteiger charge is 2.17. The summed E-state index contributed by atoms with van der Waals surface area (Å²) >= 11 is 1.32. The number of hydrogen-bond acceptors (Lipinski definition) is 8. The van der Waals surface area contributed by atoms with E-state index < -0.39 is 0 Å². The molecule has 118 valence electrons. The molecule has 3 heterocycles. The lowest BCUT2D eigenvalue weighted by Gasteiger charge is -2.11. The van der Waals surface area contributed by atoms with E-state index in [1.165, 1.54) is 11.5 Å². The molecular formula is C14H18N4O3S. The zero-order valence-corrected chi connectivity index (χ0v) is 13.1. The Morgan fingerprint density at radius 2 is 2.45 bits per heavy atom. The molecule has 0 radical (unpaired) electrons. The monoisotopic (exact) mass is 322 g/mol. The van der Waals surface area contributed by atoms with E-state index in [4.69, 9.17) is 14.2 Å². The molecule has 0 aliphatic carbocycles. The van der Waals surface area contributed by atoms with E-state index in [9.17, 15) is 0 Å². The highest BCUT2D eigenvalue weighted by Crippen LogP contribution is 2.17. The molecule has 1 fully saturated rings. The van der Waals surface area contributed by atoms with Crippen LogP contribution in [0.4, 0.5) is 5.13 Å². The maximum Gasteiger partial charge on any atom is 0.213 e. The van der Waals surface area contributed by atoms with Crippen LogP contribution in [-0.4, -0.2) is 40.8 Å². The van der Waals surface area contributed by atoms with Crippen LogP contribution in [0.3, 0.4) is 0 Å². The zero-order valence-electron chi connectivity index (χ0n) is 12.3. The van der Waals surface area contributed by atoms with Gasteiger partial charge in [0, 0.05) is 43.9 Å². The van der Waals surface area contributed by atoms with Gasteiger partial charge >= 0.3 is 0 Å².